The summed E-state index contributed by atoms with van der Waals surface area (Å²) in [4.78, 5) is 19.8. The molecule has 1 amide bonds. The average Bonchev–Trinajstić information content (AvgIpc) is 3.18. The predicted octanol–water partition coefficient (Wildman–Crippen LogP) is 5.13. The van der Waals surface area contributed by atoms with Gasteiger partial charge in [-0.2, -0.15) is 0 Å². The van der Waals surface area contributed by atoms with Crippen LogP contribution in [-0.4, -0.2) is 26.1 Å². The SMILES string of the molecule is O=C(c1cc2c(C=CCc3ccccc3)c[nH]c2cn1)N(O)Cc1ccc(F)cc1F. The van der Waals surface area contributed by atoms with Gasteiger partial charge >= 0.3 is 0 Å². The molecule has 0 aliphatic carbocycles. The number of aromatic amines is 1. The Bertz CT molecular complexity index is 1250. The number of hydroxylamine groups is 2. The number of carbonyl (C=O) groups is 1. The molecule has 0 unspecified atom stereocenters. The van der Waals surface area contributed by atoms with Gasteiger partial charge in [0, 0.05) is 23.2 Å². The third kappa shape index (κ3) is 4.67. The Morgan fingerprint density at radius 1 is 1.13 bits per heavy atom. The van der Waals surface area contributed by atoms with E-state index in [-0.39, 0.29) is 11.3 Å². The molecular formula is C24H19F2N3O2. The number of nitrogens with zero attached hydrogens (tertiary/aromatic N) is 2. The number of H-pyrrole nitrogens is 1. The fraction of sp³-hybridized carbons (Fsp3) is 0.0833. The van der Waals surface area contributed by atoms with Crippen LogP contribution >= 0.6 is 0 Å². The zero-order valence-corrected chi connectivity index (χ0v) is 16.4. The van der Waals surface area contributed by atoms with Crippen LogP contribution in [0.15, 0.2) is 73.1 Å². The van der Waals surface area contributed by atoms with Crippen molar-refractivity contribution < 1.29 is 18.8 Å². The van der Waals surface area contributed by atoms with E-state index >= 15 is 0 Å². The Kier molecular flexibility index (Phi) is 5.86. The van der Waals surface area contributed by atoms with E-state index in [1.165, 1.54) is 17.8 Å². The van der Waals surface area contributed by atoms with Crippen LogP contribution in [0.2, 0.25) is 0 Å². The average molecular weight is 419 g/mol. The standard InChI is InChI=1S/C24H19F2N3O2/c25-19-10-9-18(21(26)11-19)15-29(31)24(30)22-12-20-17(13-27-23(20)14-28-22)8-4-7-16-5-2-1-3-6-16/h1-6,8-14,27,31H,7,15H2. The lowest BCUT2D eigenvalue weighted by atomic mass is 10.1. The lowest BCUT2D eigenvalue weighted by molar-refractivity contribution is -0.0657. The second-order valence-corrected chi connectivity index (χ2v) is 7.05. The van der Waals surface area contributed by atoms with Crippen molar-refractivity contribution in [3.63, 3.8) is 0 Å². The van der Waals surface area contributed by atoms with E-state index in [0.717, 1.165) is 29.0 Å². The summed E-state index contributed by atoms with van der Waals surface area (Å²) in [5.74, 6) is -2.36. The van der Waals surface area contributed by atoms with Crippen LogP contribution in [0.25, 0.3) is 17.0 Å². The summed E-state index contributed by atoms with van der Waals surface area (Å²) in [6.45, 7) is -0.429. The minimum atomic E-state index is -0.841. The molecule has 2 heterocycles. The summed E-state index contributed by atoms with van der Waals surface area (Å²) in [5.41, 5.74) is 2.79. The number of halogens is 2. The highest BCUT2D eigenvalue weighted by Gasteiger charge is 2.18. The van der Waals surface area contributed by atoms with E-state index in [1.54, 1.807) is 6.07 Å². The first-order valence-electron chi connectivity index (χ1n) is 9.63. The van der Waals surface area contributed by atoms with Crippen LogP contribution in [0.4, 0.5) is 8.78 Å². The van der Waals surface area contributed by atoms with Gasteiger partial charge in [-0.1, -0.05) is 48.6 Å². The summed E-state index contributed by atoms with van der Waals surface area (Å²) >= 11 is 0. The van der Waals surface area contributed by atoms with Crippen molar-refractivity contribution in [1.82, 2.24) is 15.0 Å². The van der Waals surface area contributed by atoms with Crippen LogP contribution in [0, 0.1) is 11.6 Å². The zero-order valence-electron chi connectivity index (χ0n) is 16.4. The molecule has 0 fully saturated rings. The molecule has 4 rings (SSSR count). The van der Waals surface area contributed by atoms with Gasteiger partial charge in [0.05, 0.1) is 18.3 Å². The first-order valence-corrected chi connectivity index (χ1v) is 9.63. The molecule has 0 saturated heterocycles. The van der Waals surface area contributed by atoms with E-state index in [4.69, 9.17) is 0 Å². The second kappa shape index (κ2) is 8.89. The summed E-state index contributed by atoms with van der Waals surface area (Å²) in [5, 5.41) is 11.3. The van der Waals surface area contributed by atoms with Gasteiger partial charge in [-0.05, 0) is 29.7 Å². The van der Waals surface area contributed by atoms with Crippen molar-refractivity contribution in [3.8, 4) is 0 Å². The topological polar surface area (TPSA) is 69.2 Å². The number of hydrogen-bond donors (Lipinski definition) is 2. The number of allylic oxidation sites excluding steroid dienone is 1. The number of nitrogens with one attached hydrogen (secondary N) is 1. The Hall–Kier alpha value is -3.84. The highest BCUT2D eigenvalue weighted by Crippen LogP contribution is 2.21. The number of benzene rings is 2. The number of fused-ring (bicyclic) bond motifs is 1. The van der Waals surface area contributed by atoms with Gasteiger partial charge in [0.2, 0.25) is 0 Å². The second-order valence-electron chi connectivity index (χ2n) is 7.05. The van der Waals surface area contributed by atoms with E-state index in [1.807, 2.05) is 48.7 Å². The highest BCUT2D eigenvalue weighted by atomic mass is 19.1. The first kappa shape index (κ1) is 20.4. The molecule has 2 N–H and O–H groups in total. The molecule has 0 atom stereocenters. The van der Waals surface area contributed by atoms with E-state index in [9.17, 15) is 18.8 Å². The van der Waals surface area contributed by atoms with E-state index < -0.39 is 24.1 Å². The fourth-order valence-corrected chi connectivity index (χ4v) is 3.25. The fourth-order valence-electron chi connectivity index (χ4n) is 3.25. The minimum absolute atomic E-state index is 0.00910. The molecule has 0 radical (unpaired) electrons. The predicted molar refractivity (Wildman–Crippen MR) is 113 cm³/mol. The molecule has 0 bridgehead atoms. The molecule has 7 heteroatoms. The normalized spacial score (nSPS) is 11.3. The van der Waals surface area contributed by atoms with Crippen LogP contribution in [0.5, 0.6) is 0 Å². The van der Waals surface area contributed by atoms with Gasteiger partial charge in [0.1, 0.15) is 17.3 Å². The molecule has 31 heavy (non-hydrogen) atoms. The van der Waals surface area contributed by atoms with Gasteiger partial charge in [-0.25, -0.2) is 18.8 Å². The minimum Gasteiger partial charge on any atom is -0.359 e. The number of pyridine rings is 1. The Balaban J connectivity index is 1.52. The summed E-state index contributed by atoms with van der Waals surface area (Å²) in [6.07, 6.45) is 8.05. The number of amides is 1. The molecule has 0 spiro atoms. The van der Waals surface area contributed by atoms with Gasteiger partial charge < -0.3 is 4.98 Å². The third-order valence-electron chi connectivity index (χ3n) is 4.88. The number of hydrogen-bond acceptors (Lipinski definition) is 3. The van der Waals surface area contributed by atoms with Crippen molar-refractivity contribution in [2.24, 2.45) is 0 Å². The molecule has 4 aromatic rings. The van der Waals surface area contributed by atoms with Crippen molar-refractivity contribution >= 4 is 22.9 Å². The van der Waals surface area contributed by atoms with E-state index in [0.29, 0.717) is 11.1 Å². The largest absolute Gasteiger partial charge is 0.359 e. The van der Waals surface area contributed by atoms with Crippen LogP contribution in [0.3, 0.4) is 0 Å². The Labute approximate surface area is 177 Å². The Morgan fingerprint density at radius 3 is 2.71 bits per heavy atom. The summed E-state index contributed by atoms with van der Waals surface area (Å²) in [6, 6.07) is 14.5. The number of carbonyl (C=O) groups excluding carboxylic acids is 1. The molecule has 0 aliphatic rings. The maximum Gasteiger partial charge on any atom is 0.296 e. The smallest absolute Gasteiger partial charge is 0.296 e. The maximum atomic E-state index is 13.8. The Morgan fingerprint density at radius 2 is 1.94 bits per heavy atom. The van der Waals surface area contributed by atoms with Crippen molar-refractivity contribution in [1.29, 1.82) is 0 Å². The molecule has 5 nitrogen and oxygen atoms in total. The lowest BCUT2D eigenvalue weighted by Crippen LogP contribution is -2.28. The molecule has 156 valence electrons. The number of rotatable bonds is 6. The van der Waals surface area contributed by atoms with Crippen LogP contribution in [-0.2, 0) is 13.0 Å². The highest BCUT2D eigenvalue weighted by molar-refractivity contribution is 5.97. The first-order chi connectivity index (χ1) is 15.0. The number of aromatic nitrogens is 2. The summed E-state index contributed by atoms with van der Waals surface area (Å²) in [7, 11) is 0. The van der Waals surface area contributed by atoms with Crippen molar-refractivity contribution in [2.45, 2.75) is 13.0 Å². The van der Waals surface area contributed by atoms with Gasteiger partial charge in [0.25, 0.3) is 5.91 Å². The van der Waals surface area contributed by atoms with Gasteiger partial charge in [-0.15, -0.1) is 0 Å². The molecule has 2 aromatic carbocycles. The maximum absolute atomic E-state index is 13.8. The molecular weight excluding hydrogens is 400 g/mol. The van der Waals surface area contributed by atoms with Crippen molar-refractivity contribution in [2.75, 3.05) is 0 Å². The molecule has 0 aliphatic heterocycles. The lowest BCUT2D eigenvalue weighted by Gasteiger charge is -2.15. The molecule has 0 saturated carbocycles. The van der Waals surface area contributed by atoms with Crippen molar-refractivity contribution in [3.05, 3.63) is 107 Å². The van der Waals surface area contributed by atoms with E-state index in [2.05, 4.69) is 9.97 Å². The van der Waals surface area contributed by atoms with Crippen LogP contribution < -0.4 is 0 Å². The summed E-state index contributed by atoms with van der Waals surface area (Å²) < 4.78 is 26.9. The monoisotopic (exact) mass is 419 g/mol. The van der Waals surface area contributed by atoms with Gasteiger partial charge in [0.15, 0.2) is 0 Å². The third-order valence-corrected chi connectivity index (χ3v) is 4.88. The van der Waals surface area contributed by atoms with Crippen LogP contribution in [0.1, 0.15) is 27.2 Å². The quantitative estimate of drug-likeness (QED) is 0.336. The van der Waals surface area contributed by atoms with Gasteiger partial charge in [-0.3, -0.25) is 10.0 Å². The molecule has 2 aromatic heterocycles. The zero-order chi connectivity index (χ0) is 21.8.